The Bertz CT molecular complexity index is 244. The SMILES string of the molecule is CNS(=O)(=O)C1CCC1=O. The van der Waals surface area contributed by atoms with Crippen LogP contribution in [0.4, 0.5) is 0 Å². The van der Waals surface area contributed by atoms with Crippen LogP contribution in [0, 0.1) is 0 Å². The van der Waals surface area contributed by atoms with Crippen molar-refractivity contribution in [2.24, 2.45) is 0 Å². The summed E-state index contributed by atoms with van der Waals surface area (Å²) in [6.07, 6.45) is 0.883. The Balaban J connectivity index is 2.75. The zero-order valence-electron chi connectivity index (χ0n) is 5.62. The van der Waals surface area contributed by atoms with Gasteiger partial charge in [-0.2, -0.15) is 0 Å². The number of sulfonamides is 1. The average Bonchev–Trinajstić information content (AvgIpc) is 1.84. The third kappa shape index (κ3) is 1.06. The van der Waals surface area contributed by atoms with Crippen molar-refractivity contribution in [3.05, 3.63) is 0 Å². The first-order valence-electron chi connectivity index (χ1n) is 3.03. The highest BCUT2D eigenvalue weighted by molar-refractivity contribution is 7.91. The summed E-state index contributed by atoms with van der Waals surface area (Å²) in [5.41, 5.74) is 0. The Labute approximate surface area is 59.7 Å². The van der Waals surface area contributed by atoms with E-state index in [0.717, 1.165) is 0 Å². The van der Waals surface area contributed by atoms with Gasteiger partial charge in [0.25, 0.3) is 0 Å². The summed E-state index contributed by atoms with van der Waals surface area (Å²) >= 11 is 0. The minimum atomic E-state index is -3.31. The maximum Gasteiger partial charge on any atom is 0.221 e. The third-order valence-electron chi connectivity index (χ3n) is 1.67. The van der Waals surface area contributed by atoms with Crippen LogP contribution in [-0.2, 0) is 14.8 Å². The number of rotatable bonds is 2. The molecule has 0 aromatic rings. The lowest BCUT2D eigenvalue weighted by atomic mass is 9.98. The molecule has 0 aliphatic heterocycles. The molecule has 0 amide bonds. The van der Waals surface area contributed by atoms with E-state index in [1.54, 1.807) is 0 Å². The summed E-state index contributed by atoms with van der Waals surface area (Å²) in [7, 11) is -1.99. The molecule has 1 unspecified atom stereocenters. The molecule has 5 heteroatoms. The van der Waals surface area contributed by atoms with E-state index in [9.17, 15) is 13.2 Å². The predicted molar refractivity (Wildman–Crippen MR) is 36.0 cm³/mol. The van der Waals surface area contributed by atoms with Crippen molar-refractivity contribution in [1.29, 1.82) is 0 Å². The van der Waals surface area contributed by atoms with E-state index in [0.29, 0.717) is 12.8 Å². The summed E-state index contributed by atoms with van der Waals surface area (Å²) in [5.74, 6) is -0.172. The Morgan fingerprint density at radius 3 is 2.30 bits per heavy atom. The topological polar surface area (TPSA) is 63.2 Å². The summed E-state index contributed by atoms with van der Waals surface area (Å²) in [6, 6.07) is 0. The van der Waals surface area contributed by atoms with Gasteiger partial charge in [-0.1, -0.05) is 0 Å². The smallest absolute Gasteiger partial charge is 0.221 e. The lowest BCUT2D eigenvalue weighted by Crippen LogP contribution is -2.44. The van der Waals surface area contributed by atoms with Crippen molar-refractivity contribution in [3.8, 4) is 0 Å². The van der Waals surface area contributed by atoms with Crippen LogP contribution < -0.4 is 4.72 Å². The standard InChI is InChI=1S/C5H9NO3S/c1-6-10(8,9)5-3-2-4(5)7/h5-6H,2-3H2,1H3. The molecule has 1 atom stereocenters. The van der Waals surface area contributed by atoms with Crippen molar-refractivity contribution >= 4 is 15.8 Å². The van der Waals surface area contributed by atoms with Gasteiger partial charge in [-0.3, -0.25) is 4.79 Å². The fourth-order valence-electron chi connectivity index (χ4n) is 0.850. The highest BCUT2D eigenvalue weighted by atomic mass is 32.2. The van der Waals surface area contributed by atoms with Crippen molar-refractivity contribution in [3.63, 3.8) is 0 Å². The number of nitrogens with one attached hydrogen (secondary N) is 1. The molecule has 58 valence electrons. The fourth-order valence-corrected chi connectivity index (χ4v) is 2.03. The number of carbonyl (C=O) groups is 1. The molecule has 10 heavy (non-hydrogen) atoms. The monoisotopic (exact) mass is 163 g/mol. The minimum absolute atomic E-state index is 0.172. The molecule has 1 saturated carbocycles. The van der Waals surface area contributed by atoms with Crippen LogP contribution in [0.15, 0.2) is 0 Å². The molecule has 0 radical (unpaired) electrons. The summed E-state index contributed by atoms with van der Waals surface area (Å²) < 4.78 is 23.8. The predicted octanol–water partition coefficient (Wildman–Crippen LogP) is -0.733. The lowest BCUT2D eigenvalue weighted by Gasteiger charge is -2.22. The Kier molecular flexibility index (Phi) is 1.78. The second-order valence-electron chi connectivity index (χ2n) is 2.24. The van der Waals surface area contributed by atoms with Crippen molar-refractivity contribution in [2.75, 3.05) is 7.05 Å². The van der Waals surface area contributed by atoms with E-state index >= 15 is 0 Å². The van der Waals surface area contributed by atoms with Crippen molar-refractivity contribution in [2.45, 2.75) is 18.1 Å². The van der Waals surface area contributed by atoms with Crippen LogP contribution in [0.5, 0.6) is 0 Å². The third-order valence-corrected chi connectivity index (χ3v) is 3.49. The lowest BCUT2D eigenvalue weighted by molar-refractivity contribution is -0.122. The second-order valence-corrected chi connectivity index (χ2v) is 4.31. The Hall–Kier alpha value is -0.420. The van der Waals surface area contributed by atoms with E-state index in [2.05, 4.69) is 4.72 Å². The molecule has 0 bridgehead atoms. The van der Waals surface area contributed by atoms with Crippen LogP contribution in [0.3, 0.4) is 0 Å². The number of carbonyl (C=O) groups excluding carboxylic acids is 1. The van der Waals surface area contributed by atoms with Crippen molar-refractivity contribution in [1.82, 2.24) is 4.72 Å². The van der Waals surface area contributed by atoms with E-state index in [1.165, 1.54) is 7.05 Å². The largest absolute Gasteiger partial charge is 0.298 e. The Morgan fingerprint density at radius 1 is 1.60 bits per heavy atom. The maximum atomic E-state index is 10.9. The Morgan fingerprint density at radius 2 is 2.20 bits per heavy atom. The van der Waals surface area contributed by atoms with Gasteiger partial charge in [-0.25, -0.2) is 13.1 Å². The molecule has 1 N–H and O–H groups in total. The van der Waals surface area contributed by atoms with Crippen LogP contribution >= 0.6 is 0 Å². The second kappa shape index (κ2) is 2.32. The molecule has 0 aromatic carbocycles. The molecular formula is C5H9NO3S. The van der Waals surface area contributed by atoms with E-state index in [1.807, 2.05) is 0 Å². The fraction of sp³-hybridized carbons (Fsp3) is 0.800. The zero-order chi connectivity index (χ0) is 7.78. The quantitative estimate of drug-likeness (QED) is 0.583. The van der Waals surface area contributed by atoms with Gasteiger partial charge >= 0.3 is 0 Å². The van der Waals surface area contributed by atoms with Gasteiger partial charge in [0.15, 0.2) is 5.78 Å². The van der Waals surface area contributed by atoms with Crippen LogP contribution in [0.25, 0.3) is 0 Å². The van der Waals surface area contributed by atoms with Gasteiger partial charge < -0.3 is 0 Å². The van der Waals surface area contributed by atoms with Crippen LogP contribution in [-0.4, -0.2) is 26.5 Å². The summed E-state index contributed by atoms with van der Waals surface area (Å²) in [6.45, 7) is 0. The molecule has 0 aromatic heterocycles. The minimum Gasteiger partial charge on any atom is -0.298 e. The van der Waals surface area contributed by atoms with Gasteiger partial charge in [-0.15, -0.1) is 0 Å². The number of Topliss-reactive ketones (excluding diaryl/α,β-unsaturated/α-hetero) is 1. The molecule has 1 aliphatic rings. The van der Waals surface area contributed by atoms with E-state index < -0.39 is 15.3 Å². The molecule has 4 nitrogen and oxygen atoms in total. The average molecular weight is 163 g/mol. The number of ketones is 1. The van der Waals surface area contributed by atoms with Gasteiger partial charge in [0.1, 0.15) is 5.25 Å². The highest BCUT2D eigenvalue weighted by Crippen LogP contribution is 2.20. The summed E-state index contributed by atoms with van der Waals surface area (Å²) in [5, 5.41) is -0.766. The number of hydrogen-bond acceptors (Lipinski definition) is 3. The van der Waals surface area contributed by atoms with Gasteiger partial charge in [0.05, 0.1) is 0 Å². The number of hydrogen-bond donors (Lipinski definition) is 1. The first-order chi connectivity index (χ1) is 4.58. The first-order valence-corrected chi connectivity index (χ1v) is 4.57. The molecule has 1 fully saturated rings. The van der Waals surface area contributed by atoms with E-state index in [4.69, 9.17) is 0 Å². The van der Waals surface area contributed by atoms with Crippen LogP contribution in [0.1, 0.15) is 12.8 Å². The van der Waals surface area contributed by atoms with Crippen LogP contribution in [0.2, 0.25) is 0 Å². The van der Waals surface area contributed by atoms with Gasteiger partial charge in [-0.05, 0) is 13.5 Å². The van der Waals surface area contributed by atoms with Crippen molar-refractivity contribution < 1.29 is 13.2 Å². The summed E-state index contributed by atoms with van der Waals surface area (Å²) in [4.78, 5) is 10.6. The maximum absolute atomic E-state index is 10.9. The first kappa shape index (κ1) is 7.68. The van der Waals surface area contributed by atoms with E-state index in [-0.39, 0.29) is 5.78 Å². The van der Waals surface area contributed by atoms with Gasteiger partial charge in [0, 0.05) is 6.42 Å². The molecular weight excluding hydrogens is 154 g/mol. The molecule has 0 spiro atoms. The molecule has 1 aliphatic carbocycles. The molecule has 1 rings (SSSR count). The molecule has 0 saturated heterocycles. The van der Waals surface area contributed by atoms with Gasteiger partial charge in [0.2, 0.25) is 10.0 Å². The normalized spacial score (nSPS) is 26.1. The highest BCUT2D eigenvalue weighted by Gasteiger charge is 2.38. The molecule has 0 heterocycles. The zero-order valence-corrected chi connectivity index (χ0v) is 6.44.